The van der Waals surface area contributed by atoms with E-state index >= 15 is 0 Å². The Hall–Kier alpha value is -1.20. The van der Waals surface area contributed by atoms with Crippen molar-refractivity contribution in [1.82, 2.24) is 15.5 Å². The smallest absolute Gasteiger partial charge is 0.151 e. The molecule has 0 spiro atoms. The third-order valence-corrected chi connectivity index (χ3v) is 2.81. The Balaban J connectivity index is 2.52. The van der Waals surface area contributed by atoms with Gasteiger partial charge in [0.25, 0.3) is 0 Å². The molecule has 0 radical (unpaired) electrons. The van der Waals surface area contributed by atoms with Crippen molar-refractivity contribution in [3.8, 4) is 0 Å². The van der Waals surface area contributed by atoms with E-state index in [-0.39, 0.29) is 0 Å². The topological polar surface area (TPSA) is 50.3 Å². The number of aromatic nitrogens is 2. The monoisotopic (exact) mass is 266 g/mol. The Kier molecular flexibility index (Phi) is 7.36. The summed E-state index contributed by atoms with van der Waals surface area (Å²) < 4.78 is 5.38. The molecule has 1 N–H and O–H groups in total. The average molecular weight is 266 g/mol. The van der Waals surface area contributed by atoms with Crippen molar-refractivity contribution < 1.29 is 4.74 Å². The summed E-state index contributed by atoms with van der Waals surface area (Å²) in [5, 5.41) is 11.9. The van der Waals surface area contributed by atoms with E-state index in [1.54, 1.807) is 0 Å². The molecule has 0 aromatic carbocycles. The van der Waals surface area contributed by atoms with E-state index in [1.165, 1.54) is 0 Å². The van der Waals surface area contributed by atoms with Crippen LogP contribution in [0.2, 0.25) is 0 Å². The van der Waals surface area contributed by atoms with Gasteiger partial charge in [0.05, 0.1) is 12.3 Å². The minimum Gasteiger partial charge on any atom is -0.380 e. The summed E-state index contributed by atoms with van der Waals surface area (Å²) in [4.78, 5) is 2.17. The van der Waals surface area contributed by atoms with Crippen LogP contribution in [0.15, 0.2) is 12.1 Å². The lowest BCUT2D eigenvalue weighted by Gasteiger charge is -2.21. The van der Waals surface area contributed by atoms with Gasteiger partial charge in [-0.15, -0.1) is 5.10 Å². The summed E-state index contributed by atoms with van der Waals surface area (Å²) in [6, 6.07) is 4.51. The number of hydrogen-bond acceptors (Lipinski definition) is 5. The highest BCUT2D eigenvalue weighted by molar-refractivity contribution is 5.36. The highest BCUT2D eigenvalue weighted by Gasteiger charge is 2.06. The zero-order chi connectivity index (χ0) is 14.1. The summed E-state index contributed by atoms with van der Waals surface area (Å²) in [7, 11) is 0. The molecule has 19 heavy (non-hydrogen) atoms. The number of ether oxygens (including phenoxy) is 1. The summed E-state index contributed by atoms with van der Waals surface area (Å²) in [6.45, 7) is 12.4. The largest absolute Gasteiger partial charge is 0.380 e. The van der Waals surface area contributed by atoms with Crippen LogP contribution in [-0.2, 0) is 11.3 Å². The molecule has 108 valence electrons. The van der Waals surface area contributed by atoms with E-state index in [0.29, 0.717) is 6.04 Å². The average Bonchev–Trinajstić information content (AvgIpc) is 2.42. The Bertz CT molecular complexity index is 340. The number of hydrogen-bond donors (Lipinski definition) is 1. The van der Waals surface area contributed by atoms with Crippen molar-refractivity contribution in [2.45, 2.75) is 40.3 Å². The van der Waals surface area contributed by atoms with Gasteiger partial charge < -0.3 is 15.0 Å². The lowest BCUT2D eigenvalue weighted by Crippen LogP contribution is -2.28. The van der Waals surface area contributed by atoms with Crippen LogP contribution in [0.1, 0.15) is 33.4 Å². The number of nitrogens with one attached hydrogen (secondary N) is 1. The van der Waals surface area contributed by atoms with Crippen molar-refractivity contribution >= 4 is 5.82 Å². The number of rotatable bonds is 9. The predicted octanol–water partition coefficient (Wildman–Crippen LogP) is 1.84. The van der Waals surface area contributed by atoms with Gasteiger partial charge >= 0.3 is 0 Å². The van der Waals surface area contributed by atoms with Crippen molar-refractivity contribution in [3.05, 3.63) is 17.8 Å². The molecule has 0 saturated heterocycles. The fourth-order valence-electron chi connectivity index (χ4n) is 1.68. The second kappa shape index (κ2) is 8.82. The first-order chi connectivity index (χ1) is 9.17. The molecule has 1 heterocycles. The third-order valence-electron chi connectivity index (χ3n) is 2.81. The van der Waals surface area contributed by atoms with E-state index < -0.39 is 0 Å². The van der Waals surface area contributed by atoms with Crippen LogP contribution < -0.4 is 10.2 Å². The minimum atomic E-state index is 0.458. The van der Waals surface area contributed by atoms with Crippen LogP contribution in [0.25, 0.3) is 0 Å². The molecule has 0 fully saturated rings. The fourth-order valence-corrected chi connectivity index (χ4v) is 1.68. The van der Waals surface area contributed by atoms with E-state index in [9.17, 15) is 0 Å². The number of anilines is 1. The van der Waals surface area contributed by atoms with Gasteiger partial charge in [0.2, 0.25) is 0 Å². The lowest BCUT2D eigenvalue weighted by atomic mass is 10.3. The number of likely N-dealkylation sites (N-methyl/N-ethyl adjacent to an activating group) is 1. The highest BCUT2D eigenvalue weighted by atomic mass is 16.5. The molecule has 5 heteroatoms. The van der Waals surface area contributed by atoms with Crippen LogP contribution in [-0.4, -0.2) is 42.5 Å². The Labute approximate surface area is 116 Å². The second-order valence-corrected chi connectivity index (χ2v) is 4.70. The highest BCUT2D eigenvalue weighted by Crippen LogP contribution is 2.09. The molecule has 0 unspecified atom stereocenters. The zero-order valence-electron chi connectivity index (χ0n) is 12.5. The molecule has 1 aromatic heterocycles. The summed E-state index contributed by atoms with van der Waals surface area (Å²) in [6.07, 6.45) is 0. The van der Waals surface area contributed by atoms with Crippen molar-refractivity contribution in [2.24, 2.45) is 0 Å². The standard InChI is InChI=1S/C14H26N4O/c1-5-18(9-10-19-6-2)14-8-7-13(16-17-14)11-15-12(3)4/h7-8,12,15H,5-6,9-11H2,1-4H3. The van der Waals surface area contributed by atoms with Crippen molar-refractivity contribution in [3.63, 3.8) is 0 Å². The summed E-state index contributed by atoms with van der Waals surface area (Å²) >= 11 is 0. The van der Waals surface area contributed by atoms with Gasteiger partial charge in [0.15, 0.2) is 5.82 Å². The molecule has 1 rings (SSSR count). The van der Waals surface area contributed by atoms with E-state index in [0.717, 1.165) is 44.4 Å². The lowest BCUT2D eigenvalue weighted by molar-refractivity contribution is 0.154. The maximum Gasteiger partial charge on any atom is 0.151 e. The van der Waals surface area contributed by atoms with Gasteiger partial charge in [0.1, 0.15) is 0 Å². The Morgan fingerprint density at radius 1 is 1.26 bits per heavy atom. The molecule has 0 saturated carbocycles. The normalized spacial score (nSPS) is 11.0. The molecular weight excluding hydrogens is 240 g/mol. The van der Waals surface area contributed by atoms with Crippen LogP contribution in [0.3, 0.4) is 0 Å². The molecule has 0 atom stereocenters. The number of nitrogens with zero attached hydrogens (tertiary/aromatic N) is 3. The Morgan fingerprint density at radius 3 is 2.58 bits per heavy atom. The van der Waals surface area contributed by atoms with Gasteiger partial charge in [-0.3, -0.25) is 0 Å². The maximum absolute atomic E-state index is 5.38. The van der Waals surface area contributed by atoms with E-state index in [4.69, 9.17) is 4.74 Å². The van der Waals surface area contributed by atoms with Gasteiger partial charge in [-0.25, -0.2) is 0 Å². The summed E-state index contributed by atoms with van der Waals surface area (Å²) in [5.74, 6) is 0.913. The molecule has 0 aliphatic carbocycles. The fraction of sp³-hybridized carbons (Fsp3) is 0.714. The van der Waals surface area contributed by atoms with Crippen LogP contribution in [0.5, 0.6) is 0 Å². The van der Waals surface area contributed by atoms with E-state index in [2.05, 4.69) is 41.2 Å². The van der Waals surface area contributed by atoms with Gasteiger partial charge in [-0.2, -0.15) is 5.10 Å². The maximum atomic E-state index is 5.38. The Morgan fingerprint density at radius 2 is 2.05 bits per heavy atom. The van der Waals surface area contributed by atoms with Gasteiger partial charge in [-0.1, -0.05) is 13.8 Å². The summed E-state index contributed by atoms with van der Waals surface area (Å²) in [5.41, 5.74) is 0.971. The third kappa shape index (κ3) is 5.98. The van der Waals surface area contributed by atoms with Gasteiger partial charge in [0, 0.05) is 32.3 Å². The van der Waals surface area contributed by atoms with Crippen molar-refractivity contribution in [1.29, 1.82) is 0 Å². The predicted molar refractivity (Wildman–Crippen MR) is 78.4 cm³/mol. The van der Waals surface area contributed by atoms with Crippen LogP contribution in [0.4, 0.5) is 5.82 Å². The molecule has 0 aliphatic heterocycles. The van der Waals surface area contributed by atoms with Crippen LogP contribution >= 0.6 is 0 Å². The molecule has 1 aromatic rings. The first kappa shape index (κ1) is 15.9. The SMILES string of the molecule is CCOCCN(CC)c1ccc(CNC(C)C)nn1. The van der Waals surface area contributed by atoms with Crippen molar-refractivity contribution in [2.75, 3.05) is 31.2 Å². The quantitative estimate of drug-likeness (QED) is 0.691. The molecule has 0 aliphatic rings. The zero-order valence-corrected chi connectivity index (χ0v) is 12.5. The molecule has 0 bridgehead atoms. The first-order valence-electron chi connectivity index (χ1n) is 7.06. The van der Waals surface area contributed by atoms with Crippen LogP contribution in [0, 0.1) is 0 Å². The van der Waals surface area contributed by atoms with E-state index in [1.807, 2.05) is 19.1 Å². The van der Waals surface area contributed by atoms with Gasteiger partial charge in [-0.05, 0) is 26.0 Å². The molecule has 0 amide bonds. The molecule has 5 nitrogen and oxygen atoms in total. The second-order valence-electron chi connectivity index (χ2n) is 4.70. The molecular formula is C14H26N4O. The minimum absolute atomic E-state index is 0.458. The first-order valence-corrected chi connectivity index (χ1v) is 7.06.